The standard InChI is InChI=1S/C22H23FN2O3/c1-2-14-25(16-18-8-10-19(23)11-9-18)22(28)24-20(12-13-21(26)27)15-17-6-4-3-5-7-17/h1,3-11,20H,12-16H2,(H,24,28)(H,26,27). The van der Waals surface area contributed by atoms with Gasteiger partial charge in [-0.15, -0.1) is 6.42 Å². The lowest BCUT2D eigenvalue weighted by atomic mass is 10.0. The van der Waals surface area contributed by atoms with Gasteiger partial charge in [0.1, 0.15) is 5.82 Å². The van der Waals surface area contributed by atoms with E-state index >= 15 is 0 Å². The van der Waals surface area contributed by atoms with E-state index in [-0.39, 0.29) is 37.4 Å². The molecule has 2 amide bonds. The van der Waals surface area contributed by atoms with Gasteiger partial charge in [-0.3, -0.25) is 4.79 Å². The minimum absolute atomic E-state index is 0.0507. The Morgan fingerprint density at radius 2 is 1.79 bits per heavy atom. The fourth-order valence-corrected chi connectivity index (χ4v) is 2.81. The number of terminal acetylenes is 1. The summed E-state index contributed by atoms with van der Waals surface area (Å²) in [4.78, 5) is 25.2. The number of aliphatic carboxylic acids is 1. The number of hydrogen-bond donors (Lipinski definition) is 2. The highest BCUT2D eigenvalue weighted by Gasteiger charge is 2.19. The summed E-state index contributed by atoms with van der Waals surface area (Å²) < 4.78 is 13.1. The fraction of sp³-hybridized carbons (Fsp3) is 0.273. The molecule has 0 saturated carbocycles. The van der Waals surface area contributed by atoms with E-state index in [2.05, 4.69) is 11.2 Å². The molecule has 0 aliphatic carbocycles. The van der Waals surface area contributed by atoms with Crippen molar-refractivity contribution in [2.75, 3.05) is 6.54 Å². The first-order chi connectivity index (χ1) is 13.5. The molecule has 6 heteroatoms. The molecule has 0 saturated heterocycles. The number of hydrogen-bond acceptors (Lipinski definition) is 2. The van der Waals surface area contributed by atoms with Crippen LogP contribution in [0.5, 0.6) is 0 Å². The number of carboxylic acid groups (broad SMARTS) is 1. The van der Waals surface area contributed by atoms with Crippen LogP contribution in [0.2, 0.25) is 0 Å². The molecule has 0 aliphatic heterocycles. The molecule has 0 aromatic heterocycles. The second-order valence-corrected chi connectivity index (χ2v) is 6.46. The van der Waals surface area contributed by atoms with Crippen LogP contribution in [0.4, 0.5) is 9.18 Å². The molecular formula is C22H23FN2O3. The second kappa shape index (κ2) is 10.7. The van der Waals surface area contributed by atoms with E-state index in [0.29, 0.717) is 12.8 Å². The first kappa shape index (κ1) is 21.0. The Balaban J connectivity index is 2.07. The summed E-state index contributed by atoms with van der Waals surface area (Å²) in [5, 5.41) is 11.9. The molecule has 0 heterocycles. The van der Waals surface area contributed by atoms with Crippen molar-refractivity contribution in [3.63, 3.8) is 0 Å². The molecule has 1 atom stereocenters. The molecule has 0 fully saturated rings. The summed E-state index contributed by atoms with van der Waals surface area (Å²) in [6.07, 6.45) is 6.15. The van der Waals surface area contributed by atoms with Crippen LogP contribution in [0.1, 0.15) is 24.0 Å². The van der Waals surface area contributed by atoms with Gasteiger partial charge in [-0.1, -0.05) is 48.4 Å². The van der Waals surface area contributed by atoms with Gasteiger partial charge in [0.2, 0.25) is 0 Å². The van der Waals surface area contributed by atoms with Crippen molar-refractivity contribution >= 4 is 12.0 Å². The number of benzene rings is 2. The van der Waals surface area contributed by atoms with Gasteiger partial charge in [0.25, 0.3) is 0 Å². The van der Waals surface area contributed by atoms with Gasteiger partial charge in [-0.25, -0.2) is 9.18 Å². The van der Waals surface area contributed by atoms with Crippen LogP contribution >= 0.6 is 0 Å². The predicted molar refractivity (Wildman–Crippen MR) is 105 cm³/mol. The van der Waals surface area contributed by atoms with E-state index in [9.17, 15) is 14.0 Å². The first-order valence-electron chi connectivity index (χ1n) is 8.97. The van der Waals surface area contributed by atoms with E-state index in [1.807, 2.05) is 30.3 Å². The number of carboxylic acids is 1. The maximum atomic E-state index is 13.1. The molecule has 2 aromatic rings. The Morgan fingerprint density at radius 3 is 2.39 bits per heavy atom. The maximum Gasteiger partial charge on any atom is 0.318 e. The summed E-state index contributed by atoms with van der Waals surface area (Å²) in [6, 6.07) is 14.7. The minimum Gasteiger partial charge on any atom is -0.481 e. The number of carbonyl (C=O) groups excluding carboxylic acids is 1. The normalized spacial score (nSPS) is 11.3. The highest BCUT2D eigenvalue weighted by atomic mass is 19.1. The van der Waals surface area contributed by atoms with Crippen molar-refractivity contribution in [1.29, 1.82) is 0 Å². The lowest BCUT2D eigenvalue weighted by Crippen LogP contribution is -2.45. The van der Waals surface area contributed by atoms with Crippen molar-refractivity contribution in [3.05, 3.63) is 71.5 Å². The Kier molecular flexibility index (Phi) is 8.04. The quantitative estimate of drug-likeness (QED) is 0.653. The van der Waals surface area contributed by atoms with Crippen LogP contribution in [0.15, 0.2) is 54.6 Å². The number of nitrogens with zero attached hydrogens (tertiary/aromatic N) is 1. The van der Waals surface area contributed by atoms with Crippen LogP contribution in [-0.2, 0) is 17.8 Å². The zero-order chi connectivity index (χ0) is 20.4. The van der Waals surface area contributed by atoms with Crippen LogP contribution in [0.25, 0.3) is 0 Å². The number of amides is 2. The number of urea groups is 1. The molecule has 2 rings (SSSR count). The van der Waals surface area contributed by atoms with E-state index in [1.165, 1.54) is 17.0 Å². The molecule has 2 aromatic carbocycles. The van der Waals surface area contributed by atoms with Gasteiger partial charge in [-0.05, 0) is 36.1 Å². The molecular weight excluding hydrogens is 359 g/mol. The lowest BCUT2D eigenvalue weighted by molar-refractivity contribution is -0.137. The number of halogens is 1. The summed E-state index contributed by atoms with van der Waals surface area (Å²) in [5.74, 6) is 1.18. The smallest absolute Gasteiger partial charge is 0.318 e. The molecule has 0 radical (unpaired) electrons. The lowest BCUT2D eigenvalue weighted by Gasteiger charge is -2.25. The SMILES string of the molecule is C#CCN(Cc1ccc(F)cc1)C(=O)NC(CCC(=O)O)Cc1ccccc1. The van der Waals surface area contributed by atoms with Crippen LogP contribution in [0.3, 0.4) is 0 Å². The zero-order valence-electron chi connectivity index (χ0n) is 15.5. The van der Waals surface area contributed by atoms with E-state index in [1.54, 1.807) is 12.1 Å². The highest BCUT2D eigenvalue weighted by Crippen LogP contribution is 2.11. The fourth-order valence-electron chi connectivity index (χ4n) is 2.81. The van der Waals surface area contributed by atoms with E-state index in [0.717, 1.165) is 11.1 Å². The number of carbonyl (C=O) groups is 2. The van der Waals surface area contributed by atoms with Crippen molar-refractivity contribution < 1.29 is 19.1 Å². The van der Waals surface area contributed by atoms with Gasteiger partial charge >= 0.3 is 12.0 Å². The number of nitrogens with one attached hydrogen (secondary N) is 1. The average molecular weight is 382 g/mol. The van der Waals surface area contributed by atoms with Crippen LogP contribution in [-0.4, -0.2) is 34.6 Å². The van der Waals surface area contributed by atoms with Gasteiger partial charge in [0, 0.05) is 19.0 Å². The summed E-state index contributed by atoms with van der Waals surface area (Å²) >= 11 is 0. The third-order valence-electron chi connectivity index (χ3n) is 4.22. The molecule has 1 unspecified atom stereocenters. The minimum atomic E-state index is -0.917. The Morgan fingerprint density at radius 1 is 1.11 bits per heavy atom. The van der Waals surface area contributed by atoms with E-state index < -0.39 is 5.97 Å². The average Bonchev–Trinajstić information content (AvgIpc) is 2.68. The molecule has 0 aliphatic rings. The monoisotopic (exact) mass is 382 g/mol. The van der Waals surface area contributed by atoms with Crippen molar-refractivity contribution in [3.8, 4) is 12.3 Å². The van der Waals surface area contributed by atoms with Crippen molar-refractivity contribution in [2.45, 2.75) is 31.8 Å². The number of rotatable bonds is 9. The van der Waals surface area contributed by atoms with Gasteiger partial charge < -0.3 is 15.3 Å². The topological polar surface area (TPSA) is 69.6 Å². The third-order valence-corrected chi connectivity index (χ3v) is 4.22. The van der Waals surface area contributed by atoms with Crippen LogP contribution < -0.4 is 5.32 Å². The van der Waals surface area contributed by atoms with Crippen molar-refractivity contribution in [1.82, 2.24) is 10.2 Å². The molecule has 0 bridgehead atoms. The van der Waals surface area contributed by atoms with Crippen LogP contribution in [0, 0.1) is 18.2 Å². The van der Waals surface area contributed by atoms with Crippen molar-refractivity contribution in [2.24, 2.45) is 0 Å². The van der Waals surface area contributed by atoms with Gasteiger partial charge in [0.15, 0.2) is 0 Å². The van der Waals surface area contributed by atoms with Gasteiger partial charge in [-0.2, -0.15) is 0 Å². The molecule has 0 spiro atoms. The zero-order valence-corrected chi connectivity index (χ0v) is 15.5. The summed E-state index contributed by atoms with van der Waals surface area (Å²) in [6.45, 7) is 0.313. The molecule has 146 valence electrons. The highest BCUT2D eigenvalue weighted by molar-refractivity contribution is 5.75. The second-order valence-electron chi connectivity index (χ2n) is 6.46. The summed E-state index contributed by atoms with van der Waals surface area (Å²) in [5.41, 5.74) is 1.75. The Labute approximate surface area is 164 Å². The predicted octanol–water partition coefficient (Wildman–Crippen LogP) is 3.45. The Bertz CT molecular complexity index is 816. The maximum absolute atomic E-state index is 13.1. The first-order valence-corrected chi connectivity index (χ1v) is 8.97. The van der Waals surface area contributed by atoms with E-state index in [4.69, 9.17) is 11.5 Å². The molecule has 2 N–H and O–H groups in total. The van der Waals surface area contributed by atoms with Gasteiger partial charge in [0.05, 0.1) is 6.54 Å². The molecule has 5 nitrogen and oxygen atoms in total. The molecule has 28 heavy (non-hydrogen) atoms. The third kappa shape index (κ3) is 7.12. The Hall–Kier alpha value is -3.33. The largest absolute Gasteiger partial charge is 0.481 e. The summed E-state index contributed by atoms with van der Waals surface area (Å²) in [7, 11) is 0.